The fraction of sp³-hybridized carbons (Fsp3) is 0.500. The van der Waals surface area contributed by atoms with Crippen LogP contribution in [0.2, 0.25) is 0 Å². The average molecular weight is 301 g/mol. The van der Waals surface area contributed by atoms with Crippen molar-refractivity contribution in [1.82, 2.24) is 4.90 Å². The van der Waals surface area contributed by atoms with Crippen LogP contribution in [-0.2, 0) is 11.0 Å². The van der Waals surface area contributed by atoms with Gasteiger partial charge < -0.3 is 16.0 Å². The van der Waals surface area contributed by atoms with E-state index in [-0.39, 0.29) is 30.2 Å². The summed E-state index contributed by atoms with van der Waals surface area (Å²) in [7, 11) is 0. The van der Waals surface area contributed by atoms with Crippen LogP contribution in [0.15, 0.2) is 18.2 Å². The Kier molecular flexibility index (Phi) is 4.59. The van der Waals surface area contributed by atoms with Gasteiger partial charge in [0.1, 0.15) is 0 Å². The maximum atomic E-state index is 12.9. The van der Waals surface area contributed by atoms with Gasteiger partial charge >= 0.3 is 6.18 Å². The predicted octanol–water partition coefficient (Wildman–Crippen LogP) is 2.71. The highest BCUT2D eigenvalue weighted by Gasteiger charge is 2.33. The van der Waals surface area contributed by atoms with Crippen molar-refractivity contribution in [3.05, 3.63) is 23.8 Å². The van der Waals surface area contributed by atoms with Gasteiger partial charge in [-0.1, -0.05) is 0 Å². The zero-order chi connectivity index (χ0) is 15.5. The van der Waals surface area contributed by atoms with Gasteiger partial charge in [-0.3, -0.25) is 4.79 Å². The molecule has 0 unspecified atom stereocenters. The van der Waals surface area contributed by atoms with Crippen molar-refractivity contribution in [1.29, 1.82) is 0 Å². The van der Waals surface area contributed by atoms with E-state index in [0.29, 0.717) is 0 Å². The molecule has 4 nitrogen and oxygen atoms in total. The number of nitrogen functional groups attached to an aromatic ring is 1. The van der Waals surface area contributed by atoms with E-state index in [0.717, 1.165) is 32.0 Å². The lowest BCUT2D eigenvalue weighted by atomic mass is 10.1. The summed E-state index contributed by atoms with van der Waals surface area (Å²) >= 11 is 0. The van der Waals surface area contributed by atoms with Crippen molar-refractivity contribution in [2.45, 2.75) is 25.4 Å². The zero-order valence-electron chi connectivity index (χ0n) is 11.5. The fourth-order valence-electron chi connectivity index (χ4n) is 2.38. The van der Waals surface area contributed by atoms with E-state index in [1.165, 1.54) is 12.1 Å². The van der Waals surface area contributed by atoms with Crippen LogP contribution in [0.5, 0.6) is 0 Å². The minimum atomic E-state index is -4.48. The number of alkyl halides is 3. The highest BCUT2D eigenvalue weighted by molar-refractivity contribution is 5.77. The van der Waals surface area contributed by atoms with Crippen LogP contribution < -0.4 is 11.1 Å². The van der Waals surface area contributed by atoms with Gasteiger partial charge in [-0.2, -0.15) is 13.2 Å². The highest BCUT2D eigenvalue weighted by Crippen LogP contribution is 2.36. The van der Waals surface area contributed by atoms with Crippen LogP contribution in [0.1, 0.15) is 24.8 Å². The minimum absolute atomic E-state index is 0.0241. The molecule has 1 aliphatic heterocycles. The second kappa shape index (κ2) is 6.24. The van der Waals surface area contributed by atoms with E-state index >= 15 is 0 Å². The Morgan fingerprint density at radius 1 is 1.29 bits per heavy atom. The Morgan fingerprint density at radius 3 is 2.57 bits per heavy atom. The quantitative estimate of drug-likeness (QED) is 0.841. The van der Waals surface area contributed by atoms with Crippen molar-refractivity contribution in [3.8, 4) is 0 Å². The second-order valence-electron chi connectivity index (χ2n) is 5.07. The summed E-state index contributed by atoms with van der Waals surface area (Å²) < 4.78 is 38.7. The molecule has 1 saturated heterocycles. The molecule has 7 heteroatoms. The van der Waals surface area contributed by atoms with Crippen LogP contribution >= 0.6 is 0 Å². The first-order chi connectivity index (χ1) is 9.88. The first-order valence-electron chi connectivity index (χ1n) is 6.86. The molecule has 2 rings (SSSR count). The summed E-state index contributed by atoms with van der Waals surface area (Å²) in [4.78, 5) is 13.6. The molecule has 1 aromatic rings. The number of halogens is 3. The molecule has 116 valence electrons. The van der Waals surface area contributed by atoms with Crippen LogP contribution in [-0.4, -0.2) is 30.4 Å². The third-order valence-electron chi connectivity index (χ3n) is 3.46. The molecule has 0 radical (unpaired) electrons. The molecule has 1 aromatic carbocycles. The first-order valence-corrected chi connectivity index (χ1v) is 6.86. The lowest BCUT2D eigenvalue weighted by molar-refractivity contribution is -0.136. The average Bonchev–Trinajstić information content (AvgIpc) is 2.93. The van der Waals surface area contributed by atoms with Gasteiger partial charge in [0.15, 0.2) is 0 Å². The number of anilines is 2. The Morgan fingerprint density at radius 2 is 1.95 bits per heavy atom. The van der Waals surface area contributed by atoms with Crippen LogP contribution in [0, 0.1) is 0 Å². The molecular formula is C14H18F3N3O. The molecule has 0 aromatic heterocycles. The van der Waals surface area contributed by atoms with Crippen molar-refractivity contribution < 1.29 is 18.0 Å². The molecule has 1 fully saturated rings. The molecule has 3 N–H and O–H groups in total. The van der Waals surface area contributed by atoms with Crippen molar-refractivity contribution in [3.63, 3.8) is 0 Å². The van der Waals surface area contributed by atoms with Crippen LogP contribution in [0.4, 0.5) is 24.5 Å². The van der Waals surface area contributed by atoms with Crippen molar-refractivity contribution in [2.24, 2.45) is 0 Å². The molecule has 0 atom stereocenters. The smallest absolute Gasteiger partial charge is 0.399 e. The van der Waals surface area contributed by atoms with Gasteiger partial charge in [0.25, 0.3) is 0 Å². The number of hydrogen-bond acceptors (Lipinski definition) is 3. The number of amides is 1. The highest BCUT2D eigenvalue weighted by atomic mass is 19.4. The van der Waals surface area contributed by atoms with Crippen LogP contribution in [0.25, 0.3) is 0 Å². The van der Waals surface area contributed by atoms with Crippen molar-refractivity contribution >= 4 is 17.3 Å². The molecule has 1 amide bonds. The minimum Gasteiger partial charge on any atom is -0.399 e. The zero-order valence-corrected chi connectivity index (χ0v) is 11.5. The summed E-state index contributed by atoms with van der Waals surface area (Å²) in [5.41, 5.74) is 4.59. The predicted molar refractivity (Wildman–Crippen MR) is 74.8 cm³/mol. The van der Waals surface area contributed by atoms with Crippen molar-refractivity contribution in [2.75, 3.05) is 30.7 Å². The topological polar surface area (TPSA) is 58.4 Å². The number of hydrogen-bond donors (Lipinski definition) is 2. The van der Waals surface area contributed by atoms with E-state index in [9.17, 15) is 18.0 Å². The summed E-state index contributed by atoms with van der Waals surface area (Å²) in [6.07, 6.45) is -2.30. The number of benzene rings is 1. The molecule has 0 saturated carbocycles. The number of rotatable bonds is 4. The second-order valence-corrected chi connectivity index (χ2v) is 5.07. The Labute approximate surface area is 121 Å². The molecule has 0 aliphatic carbocycles. The fourth-order valence-corrected chi connectivity index (χ4v) is 2.38. The molecule has 0 bridgehead atoms. The van der Waals surface area contributed by atoms with E-state index in [1.807, 2.05) is 0 Å². The number of carbonyl (C=O) groups is 1. The lowest BCUT2D eigenvalue weighted by Crippen LogP contribution is -2.29. The van der Waals surface area contributed by atoms with Gasteiger partial charge in [0, 0.05) is 37.4 Å². The van der Waals surface area contributed by atoms with Gasteiger partial charge in [-0.25, -0.2) is 0 Å². The number of likely N-dealkylation sites (tertiary alicyclic amines) is 1. The third kappa shape index (κ3) is 4.03. The molecule has 0 spiro atoms. The Balaban J connectivity index is 1.95. The number of nitrogens with one attached hydrogen (secondary N) is 1. The standard InChI is InChI=1S/C14H18F3N3O/c15-14(16,17)11-9-10(18)3-4-12(11)19-6-5-13(21)20-7-1-2-8-20/h3-4,9,19H,1-2,5-8,18H2. The van der Waals surface area contributed by atoms with Gasteiger partial charge in [-0.15, -0.1) is 0 Å². The lowest BCUT2D eigenvalue weighted by Gasteiger charge is -2.17. The normalized spacial score (nSPS) is 15.3. The SMILES string of the molecule is Nc1ccc(NCCC(=O)N2CCCC2)c(C(F)(F)F)c1. The monoisotopic (exact) mass is 301 g/mol. The number of nitrogens with two attached hydrogens (primary N) is 1. The van der Waals surface area contributed by atoms with E-state index in [2.05, 4.69) is 5.32 Å². The van der Waals surface area contributed by atoms with Gasteiger partial charge in [-0.05, 0) is 31.0 Å². The molecule has 1 aliphatic rings. The van der Waals surface area contributed by atoms with Gasteiger partial charge in [0.2, 0.25) is 5.91 Å². The van der Waals surface area contributed by atoms with Crippen LogP contribution in [0.3, 0.4) is 0 Å². The van der Waals surface area contributed by atoms with Gasteiger partial charge in [0.05, 0.1) is 5.56 Å². The maximum Gasteiger partial charge on any atom is 0.418 e. The summed E-state index contributed by atoms with van der Waals surface area (Å²) in [5, 5.41) is 2.68. The summed E-state index contributed by atoms with van der Waals surface area (Å²) in [6.45, 7) is 1.66. The number of carbonyl (C=O) groups excluding carboxylic acids is 1. The maximum absolute atomic E-state index is 12.9. The van der Waals surface area contributed by atoms with E-state index < -0.39 is 11.7 Å². The third-order valence-corrected chi connectivity index (χ3v) is 3.46. The summed E-state index contributed by atoms with van der Waals surface area (Å²) in [6, 6.07) is 3.59. The molecular weight excluding hydrogens is 283 g/mol. The Bertz CT molecular complexity index is 511. The van der Waals surface area contributed by atoms with E-state index in [4.69, 9.17) is 5.73 Å². The Hall–Kier alpha value is -1.92. The van der Waals surface area contributed by atoms with E-state index in [1.54, 1.807) is 4.90 Å². The largest absolute Gasteiger partial charge is 0.418 e. The summed E-state index contributed by atoms with van der Waals surface area (Å²) in [5.74, 6) is -0.0241. The molecule has 1 heterocycles. The molecule has 21 heavy (non-hydrogen) atoms. The number of nitrogens with zero attached hydrogens (tertiary/aromatic N) is 1. The first kappa shape index (κ1) is 15.5.